The number of benzene rings is 1. The first kappa shape index (κ1) is 23.3. The van der Waals surface area contributed by atoms with Crippen LogP contribution in [0.4, 0.5) is 10.6 Å². The Kier molecular flexibility index (Phi) is 7.50. The number of halogens is 1. The van der Waals surface area contributed by atoms with Crippen LogP contribution in [0.1, 0.15) is 36.7 Å². The van der Waals surface area contributed by atoms with Crippen LogP contribution < -0.4 is 14.4 Å². The zero-order chi connectivity index (χ0) is 22.5. The standard InChI is InChI=1S/C21H25ClN2O6/c1-21(2,3)30-20(26)24(12-13-7-8-14(27-4)11-16(13)28-5)17-10-9-15(18(22)23-17)19(25)29-6/h7-11H,12H2,1-6H3. The van der Waals surface area contributed by atoms with Gasteiger partial charge >= 0.3 is 12.1 Å². The van der Waals surface area contributed by atoms with Gasteiger partial charge < -0.3 is 18.9 Å². The van der Waals surface area contributed by atoms with E-state index in [0.717, 1.165) is 0 Å². The summed E-state index contributed by atoms with van der Waals surface area (Å²) in [5, 5.41) is -0.0883. The third-order valence-electron chi connectivity index (χ3n) is 3.95. The molecule has 1 heterocycles. The van der Waals surface area contributed by atoms with Crippen LogP contribution in [-0.4, -0.2) is 44.0 Å². The summed E-state index contributed by atoms with van der Waals surface area (Å²) in [7, 11) is 4.32. The van der Waals surface area contributed by atoms with Crippen molar-refractivity contribution < 1.29 is 28.5 Å². The maximum atomic E-state index is 12.9. The van der Waals surface area contributed by atoms with Crippen molar-refractivity contribution in [3.8, 4) is 11.5 Å². The van der Waals surface area contributed by atoms with Crippen LogP contribution in [0.15, 0.2) is 30.3 Å². The van der Waals surface area contributed by atoms with Crippen LogP contribution in [-0.2, 0) is 16.0 Å². The molecule has 1 aromatic carbocycles. The van der Waals surface area contributed by atoms with E-state index in [9.17, 15) is 9.59 Å². The minimum Gasteiger partial charge on any atom is -0.497 e. The van der Waals surface area contributed by atoms with Crippen LogP contribution in [0.3, 0.4) is 0 Å². The highest BCUT2D eigenvalue weighted by atomic mass is 35.5. The zero-order valence-electron chi connectivity index (χ0n) is 17.8. The molecule has 0 saturated carbocycles. The molecule has 162 valence electrons. The van der Waals surface area contributed by atoms with Crippen molar-refractivity contribution in [1.82, 2.24) is 4.98 Å². The van der Waals surface area contributed by atoms with E-state index in [1.807, 2.05) is 0 Å². The summed E-state index contributed by atoms with van der Waals surface area (Å²) in [5.41, 5.74) is 0.0583. The van der Waals surface area contributed by atoms with Gasteiger partial charge in [0.2, 0.25) is 0 Å². The van der Waals surface area contributed by atoms with E-state index in [4.69, 9.17) is 25.8 Å². The lowest BCUT2D eigenvalue weighted by Crippen LogP contribution is -2.37. The number of ether oxygens (including phenoxy) is 4. The molecule has 30 heavy (non-hydrogen) atoms. The molecule has 2 aromatic rings. The highest BCUT2D eigenvalue weighted by molar-refractivity contribution is 6.32. The Balaban J connectivity index is 2.47. The Bertz CT molecular complexity index is 926. The van der Waals surface area contributed by atoms with Gasteiger partial charge in [-0.15, -0.1) is 0 Å². The number of hydrogen-bond donors (Lipinski definition) is 0. The van der Waals surface area contributed by atoms with E-state index in [-0.39, 0.29) is 23.1 Å². The molecule has 0 aliphatic rings. The number of anilines is 1. The van der Waals surface area contributed by atoms with Crippen molar-refractivity contribution in [1.29, 1.82) is 0 Å². The van der Waals surface area contributed by atoms with Crippen molar-refractivity contribution in [2.45, 2.75) is 32.9 Å². The van der Waals surface area contributed by atoms with Crippen LogP contribution in [0.25, 0.3) is 0 Å². The number of carbonyl (C=O) groups is 2. The fraction of sp³-hybridized carbons (Fsp3) is 0.381. The molecule has 8 nitrogen and oxygen atoms in total. The van der Waals surface area contributed by atoms with Gasteiger partial charge in [0.15, 0.2) is 0 Å². The van der Waals surface area contributed by atoms with Gasteiger partial charge in [0.25, 0.3) is 0 Å². The van der Waals surface area contributed by atoms with Gasteiger partial charge in [-0.2, -0.15) is 0 Å². The predicted molar refractivity (Wildman–Crippen MR) is 113 cm³/mol. The molecule has 0 aliphatic carbocycles. The average Bonchev–Trinajstić information content (AvgIpc) is 2.69. The molecule has 0 N–H and O–H groups in total. The van der Waals surface area contributed by atoms with Crippen molar-refractivity contribution in [3.63, 3.8) is 0 Å². The fourth-order valence-corrected chi connectivity index (χ4v) is 2.77. The minimum atomic E-state index is -0.727. The van der Waals surface area contributed by atoms with Gasteiger partial charge in [0, 0.05) is 11.6 Å². The van der Waals surface area contributed by atoms with Gasteiger partial charge in [-0.05, 0) is 45.0 Å². The second-order valence-electron chi connectivity index (χ2n) is 7.24. The summed E-state index contributed by atoms with van der Waals surface area (Å²) in [6.07, 6.45) is -0.630. The number of nitrogens with zero attached hydrogens (tertiary/aromatic N) is 2. The van der Waals surface area contributed by atoms with Crippen LogP contribution in [0.2, 0.25) is 5.15 Å². The molecule has 0 spiro atoms. The molecule has 0 atom stereocenters. The highest BCUT2D eigenvalue weighted by Crippen LogP contribution is 2.29. The number of methoxy groups -OCH3 is 3. The summed E-state index contributed by atoms with van der Waals surface area (Å²) < 4.78 is 20.9. The third-order valence-corrected chi connectivity index (χ3v) is 4.24. The monoisotopic (exact) mass is 436 g/mol. The fourth-order valence-electron chi connectivity index (χ4n) is 2.55. The molecule has 1 aromatic heterocycles. The Morgan fingerprint density at radius 1 is 1.07 bits per heavy atom. The van der Waals surface area contributed by atoms with Crippen molar-refractivity contribution >= 4 is 29.5 Å². The number of rotatable bonds is 6. The van der Waals surface area contributed by atoms with Crippen molar-refractivity contribution in [2.24, 2.45) is 0 Å². The Morgan fingerprint density at radius 2 is 1.77 bits per heavy atom. The van der Waals surface area contributed by atoms with Crippen molar-refractivity contribution in [2.75, 3.05) is 26.2 Å². The molecule has 0 unspecified atom stereocenters. The molecular formula is C21H25ClN2O6. The van der Waals surface area contributed by atoms with E-state index < -0.39 is 17.7 Å². The third kappa shape index (κ3) is 5.76. The Hall–Kier alpha value is -3.00. The molecule has 1 amide bonds. The largest absolute Gasteiger partial charge is 0.497 e. The minimum absolute atomic E-state index is 0.0863. The maximum absolute atomic E-state index is 12.9. The summed E-state index contributed by atoms with van der Waals surface area (Å²) >= 11 is 6.15. The number of pyridine rings is 1. The van der Waals surface area contributed by atoms with E-state index in [0.29, 0.717) is 17.1 Å². The predicted octanol–water partition coefficient (Wildman–Crippen LogP) is 4.48. The maximum Gasteiger partial charge on any atom is 0.416 e. The first-order valence-electron chi connectivity index (χ1n) is 9.06. The second kappa shape index (κ2) is 9.67. The number of amides is 1. The molecule has 2 rings (SSSR count). The molecule has 9 heteroatoms. The summed E-state index contributed by atoms with van der Waals surface area (Å²) in [4.78, 5) is 30.2. The lowest BCUT2D eigenvalue weighted by Gasteiger charge is -2.27. The van der Waals surface area contributed by atoms with E-state index in [1.54, 1.807) is 46.1 Å². The topological polar surface area (TPSA) is 87.2 Å². The van der Waals surface area contributed by atoms with Gasteiger partial charge in [-0.25, -0.2) is 14.6 Å². The quantitative estimate of drug-likeness (QED) is 0.487. The molecule has 0 saturated heterocycles. The van der Waals surface area contributed by atoms with Crippen LogP contribution in [0.5, 0.6) is 11.5 Å². The number of carbonyl (C=O) groups excluding carboxylic acids is 2. The first-order valence-corrected chi connectivity index (χ1v) is 9.43. The van der Waals surface area contributed by atoms with Crippen molar-refractivity contribution in [3.05, 3.63) is 46.6 Å². The lowest BCUT2D eigenvalue weighted by atomic mass is 10.1. The smallest absolute Gasteiger partial charge is 0.416 e. The summed E-state index contributed by atoms with van der Waals surface area (Å²) in [5.74, 6) is 0.725. The zero-order valence-corrected chi connectivity index (χ0v) is 18.6. The Labute approximate surface area is 180 Å². The molecular weight excluding hydrogens is 412 g/mol. The van der Waals surface area contributed by atoms with E-state index >= 15 is 0 Å². The average molecular weight is 437 g/mol. The molecule has 0 fully saturated rings. The number of aromatic nitrogens is 1. The summed E-state index contributed by atoms with van der Waals surface area (Å²) in [6, 6.07) is 8.19. The van der Waals surface area contributed by atoms with Gasteiger partial charge in [-0.1, -0.05) is 11.6 Å². The van der Waals surface area contributed by atoms with Gasteiger partial charge in [0.05, 0.1) is 33.4 Å². The van der Waals surface area contributed by atoms with Crippen LogP contribution in [0, 0.1) is 0 Å². The van der Waals surface area contributed by atoms with E-state index in [2.05, 4.69) is 9.72 Å². The lowest BCUT2D eigenvalue weighted by molar-refractivity contribution is 0.0574. The van der Waals surface area contributed by atoms with Crippen LogP contribution >= 0.6 is 11.6 Å². The van der Waals surface area contributed by atoms with Gasteiger partial charge in [-0.3, -0.25) is 4.90 Å². The highest BCUT2D eigenvalue weighted by Gasteiger charge is 2.27. The second-order valence-corrected chi connectivity index (χ2v) is 7.60. The molecule has 0 bridgehead atoms. The Morgan fingerprint density at radius 3 is 2.30 bits per heavy atom. The summed E-state index contributed by atoms with van der Waals surface area (Å²) in [6.45, 7) is 5.37. The first-order chi connectivity index (χ1) is 14.1. The number of esters is 1. The number of hydrogen-bond acceptors (Lipinski definition) is 7. The molecule has 0 radical (unpaired) electrons. The SMILES string of the molecule is COC(=O)c1ccc(N(Cc2ccc(OC)cc2OC)C(=O)OC(C)(C)C)nc1Cl. The molecule has 0 aliphatic heterocycles. The normalized spacial score (nSPS) is 10.9. The van der Waals surface area contributed by atoms with Gasteiger partial charge in [0.1, 0.15) is 28.1 Å². The van der Waals surface area contributed by atoms with E-state index in [1.165, 1.54) is 31.3 Å².